The van der Waals surface area contributed by atoms with Gasteiger partial charge in [-0.3, -0.25) is 19.3 Å². The number of nitrogens with one attached hydrogen (secondary N) is 2. The zero-order chi connectivity index (χ0) is 23.1. The first kappa shape index (κ1) is 23.0. The number of nitrogens with zero attached hydrogens (tertiary/aromatic N) is 4. The van der Waals surface area contributed by atoms with Gasteiger partial charge in [0, 0.05) is 43.9 Å². The van der Waals surface area contributed by atoms with Gasteiger partial charge in [0.05, 0.1) is 29.9 Å². The molecule has 3 rings (SSSR count). The van der Waals surface area contributed by atoms with Crippen LogP contribution in [0.2, 0.25) is 0 Å². The second kappa shape index (κ2) is 10.1. The summed E-state index contributed by atoms with van der Waals surface area (Å²) in [5, 5.41) is 10.4. The molecule has 12 heteroatoms. The van der Waals surface area contributed by atoms with Crippen LogP contribution >= 0.6 is 0 Å². The predicted octanol–water partition coefficient (Wildman–Crippen LogP) is 1.61. The molecule has 0 fully saturated rings. The molecule has 0 atom stereocenters. The van der Waals surface area contributed by atoms with E-state index in [9.17, 15) is 22.8 Å². The van der Waals surface area contributed by atoms with Crippen LogP contribution in [-0.2, 0) is 22.6 Å². The molecule has 0 aromatic carbocycles. The van der Waals surface area contributed by atoms with Crippen molar-refractivity contribution in [2.75, 3.05) is 19.7 Å². The van der Waals surface area contributed by atoms with Crippen LogP contribution in [0, 0.1) is 0 Å². The quantitative estimate of drug-likeness (QED) is 0.479. The summed E-state index contributed by atoms with van der Waals surface area (Å²) in [4.78, 5) is 31.4. The molecule has 0 unspecified atom stereocenters. The number of aromatic nitrogens is 4. The Bertz CT molecular complexity index is 1100. The molecule has 0 aliphatic heterocycles. The zero-order valence-electron chi connectivity index (χ0n) is 17.1. The minimum absolute atomic E-state index is 0.0299. The van der Waals surface area contributed by atoms with E-state index in [1.807, 2.05) is 0 Å². The number of hydrogen-bond acceptors (Lipinski definition) is 6. The van der Waals surface area contributed by atoms with E-state index >= 15 is 0 Å². The first-order valence-corrected chi connectivity index (χ1v) is 9.67. The smallest absolute Gasteiger partial charge is 0.422 e. The zero-order valence-corrected chi connectivity index (χ0v) is 17.1. The third-order valence-electron chi connectivity index (χ3n) is 4.20. The average Bonchev–Trinajstić information content (AvgIpc) is 3.13. The summed E-state index contributed by atoms with van der Waals surface area (Å²) in [5.41, 5.74) is 1.61. The molecule has 0 radical (unpaired) electrons. The van der Waals surface area contributed by atoms with Crippen molar-refractivity contribution >= 4 is 22.7 Å². The second-order valence-corrected chi connectivity index (χ2v) is 6.90. The molecular formula is C20H21F3N6O3. The molecule has 2 amide bonds. The van der Waals surface area contributed by atoms with Crippen LogP contribution in [0.15, 0.2) is 36.7 Å². The van der Waals surface area contributed by atoms with Crippen LogP contribution in [0.1, 0.15) is 18.3 Å². The fourth-order valence-electron chi connectivity index (χ4n) is 2.87. The van der Waals surface area contributed by atoms with Crippen LogP contribution in [0.4, 0.5) is 13.2 Å². The number of pyridine rings is 2. The highest BCUT2D eigenvalue weighted by Crippen LogP contribution is 2.19. The topological polar surface area (TPSA) is 111 Å². The Morgan fingerprint density at radius 2 is 1.94 bits per heavy atom. The number of amides is 2. The maximum atomic E-state index is 12.3. The summed E-state index contributed by atoms with van der Waals surface area (Å²) in [6.07, 6.45) is -1.17. The fourth-order valence-corrected chi connectivity index (χ4v) is 2.87. The van der Waals surface area contributed by atoms with Crippen LogP contribution in [0.25, 0.3) is 10.9 Å². The molecule has 2 N–H and O–H groups in total. The number of carbonyl (C=O) groups is 2. The maximum absolute atomic E-state index is 12.3. The number of rotatable bonds is 9. The van der Waals surface area contributed by atoms with Gasteiger partial charge in [-0.2, -0.15) is 18.3 Å². The lowest BCUT2D eigenvalue weighted by molar-refractivity contribution is -0.154. The van der Waals surface area contributed by atoms with Crippen molar-refractivity contribution in [2.24, 2.45) is 0 Å². The lowest BCUT2D eigenvalue weighted by Gasteiger charge is -2.09. The summed E-state index contributed by atoms with van der Waals surface area (Å²) < 4.78 is 43.3. The minimum Gasteiger partial charge on any atom is -0.468 e. The van der Waals surface area contributed by atoms with Gasteiger partial charge in [-0.25, -0.2) is 4.98 Å². The lowest BCUT2D eigenvalue weighted by atomic mass is 10.2. The normalized spacial score (nSPS) is 11.4. The third kappa shape index (κ3) is 6.93. The molecule has 3 aromatic rings. The molecule has 0 aliphatic rings. The monoisotopic (exact) mass is 450 g/mol. The molecular weight excluding hydrogens is 429 g/mol. The van der Waals surface area contributed by atoms with Crippen LogP contribution in [0.3, 0.4) is 0 Å². The maximum Gasteiger partial charge on any atom is 0.422 e. The Hall–Kier alpha value is -3.70. The van der Waals surface area contributed by atoms with E-state index in [0.29, 0.717) is 35.4 Å². The predicted molar refractivity (Wildman–Crippen MR) is 108 cm³/mol. The standard InChI is InChI=1S/C20H21F3N6O3/c1-13(30)24-7-8-26-18(31)9-17-15-11-29(28-16(15)5-6-25-17)10-14-3-2-4-19(27-14)32-12-20(21,22)23/h2-6,11H,7-10,12H2,1H3,(H,24,30)(H,26,31). The number of ether oxygens (including phenoxy) is 1. The highest BCUT2D eigenvalue weighted by atomic mass is 19.4. The van der Waals surface area contributed by atoms with Crippen LogP contribution in [0.5, 0.6) is 5.88 Å². The molecule has 0 spiro atoms. The Balaban J connectivity index is 1.66. The number of hydrogen-bond donors (Lipinski definition) is 2. The van der Waals surface area contributed by atoms with E-state index in [1.165, 1.54) is 13.0 Å². The first-order chi connectivity index (χ1) is 15.2. The molecule has 32 heavy (non-hydrogen) atoms. The van der Waals surface area contributed by atoms with Gasteiger partial charge in [0.1, 0.15) is 0 Å². The largest absolute Gasteiger partial charge is 0.468 e. The van der Waals surface area contributed by atoms with Crippen molar-refractivity contribution in [3.8, 4) is 5.88 Å². The first-order valence-electron chi connectivity index (χ1n) is 9.67. The van der Waals surface area contributed by atoms with Crippen molar-refractivity contribution < 1.29 is 27.5 Å². The van der Waals surface area contributed by atoms with Crippen molar-refractivity contribution in [3.05, 3.63) is 48.0 Å². The molecule has 0 aliphatic carbocycles. The van der Waals surface area contributed by atoms with Gasteiger partial charge in [-0.1, -0.05) is 6.07 Å². The second-order valence-electron chi connectivity index (χ2n) is 6.90. The fraction of sp³-hybridized carbons (Fsp3) is 0.350. The molecule has 0 saturated heterocycles. The van der Waals surface area contributed by atoms with E-state index in [4.69, 9.17) is 0 Å². The Morgan fingerprint density at radius 3 is 2.69 bits per heavy atom. The summed E-state index contributed by atoms with van der Waals surface area (Å²) >= 11 is 0. The lowest BCUT2D eigenvalue weighted by Crippen LogP contribution is -2.34. The van der Waals surface area contributed by atoms with Crippen LogP contribution in [-0.4, -0.2) is 57.4 Å². The molecule has 0 saturated carbocycles. The van der Waals surface area contributed by atoms with E-state index in [2.05, 4.69) is 30.4 Å². The van der Waals surface area contributed by atoms with Crippen LogP contribution < -0.4 is 15.4 Å². The summed E-state index contributed by atoms with van der Waals surface area (Å²) in [7, 11) is 0. The van der Waals surface area contributed by atoms with Gasteiger partial charge in [0.15, 0.2) is 6.61 Å². The third-order valence-corrected chi connectivity index (χ3v) is 4.20. The minimum atomic E-state index is -4.45. The number of fused-ring (bicyclic) bond motifs is 1. The van der Waals surface area contributed by atoms with Gasteiger partial charge in [0.25, 0.3) is 0 Å². The summed E-state index contributed by atoms with van der Waals surface area (Å²) in [5.74, 6) is -0.556. The van der Waals surface area contributed by atoms with E-state index < -0.39 is 12.8 Å². The molecule has 9 nitrogen and oxygen atoms in total. The number of alkyl halides is 3. The molecule has 3 heterocycles. The van der Waals surface area contributed by atoms with Gasteiger partial charge in [-0.15, -0.1) is 0 Å². The van der Waals surface area contributed by atoms with Crippen molar-refractivity contribution in [3.63, 3.8) is 0 Å². The number of halogens is 3. The Labute approximate surface area is 181 Å². The van der Waals surface area contributed by atoms with Crippen molar-refractivity contribution in [1.29, 1.82) is 0 Å². The SMILES string of the molecule is CC(=O)NCCNC(=O)Cc1nccc2nn(Cc3cccc(OCC(F)(F)F)n3)cc12. The highest BCUT2D eigenvalue weighted by molar-refractivity contribution is 5.86. The van der Waals surface area contributed by atoms with Gasteiger partial charge < -0.3 is 15.4 Å². The van der Waals surface area contributed by atoms with E-state index in [0.717, 1.165) is 0 Å². The van der Waals surface area contributed by atoms with Gasteiger partial charge in [-0.05, 0) is 12.1 Å². The van der Waals surface area contributed by atoms with Crippen molar-refractivity contribution in [2.45, 2.75) is 26.1 Å². The van der Waals surface area contributed by atoms with E-state index in [1.54, 1.807) is 35.3 Å². The number of carbonyl (C=O) groups excluding carboxylic acids is 2. The Kier molecular flexibility index (Phi) is 7.23. The molecule has 0 bridgehead atoms. The summed E-state index contributed by atoms with van der Waals surface area (Å²) in [6, 6.07) is 6.24. The van der Waals surface area contributed by atoms with Crippen molar-refractivity contribution in [1.82, 2.24) is 30.4 Å². The molecule has 3 aromatic heterocycles. The van der Waals surface area contributed by atoms with Gasteiger partial charge in [0.2, 0.25) is 17.7 Å². The summed E-state index contributed by atoms with van der Waals surface area (Å²) in [6.45, 7) is 0.796. The average molecular weight is 450 g/mol. The van der Waals surface area contributed by atoms with Gasteiger partial charge >= 0.3 is 6.18 Å². The molecule has 170 valence electrons. The van der Waals surface area contributed by atoms with E-state index in [-0.39, 0.29) is 30.7 Å². The Morgan fingerprint density at radius 1 is 1.16 bits per heavy atom. The highest BCUT2D eigenvalue weighted by Gasteiger charge is 2.28.